The average molecular weight is 360 g/mol. The van der Waals surface area contributed by atoms with Crippen LogP contribution in [-0.2, 0) is 26.7 Å². The number of carboxylic acid groups (broad SMARTS) is 1. The second kappa shape index (κ2) is 7.75. The number of nitrogens with one attached hydrogen (secondary N) is 2. The number of aliphatic carboxylic acids is 1. The van der Waals surface area contributed by atoms with Gasteiger partial charge in [-0.15, -0.1) is 0 Å². The highest BCUT2D eigenvalue weighted by atomic mass is 32.2. The Kier molecular flexibility index (Phi) is 6.50. The van der Waals surface area contributed by atoms with Gasteiger partial charge in [0, 0.05) is 7.05 Å². The third kappa shape index (κ3) is 4.54. The topological polar surface area (TPSA) is 130 Å². The summed E-state index contributed by atoms with van der Waals surface area (Å²) in [6, 6.07) is -2.16. The number of carboxylic acids is 1. The van der Waals surface area contributed by atoms with Crippen molar-refractivity contribution in [3.63, 3.8) is 0 Å². The molecule has 1 heterocycles. The monoisotopic (exact) mass is 360 g/mol. The Labute approximate surface area is 141 Å². The predicted molar refractivity (Wildman–Crippen MR) is 86.9 cm³/mol. The van der Waals surface area contributed by atoms with Crippen molar-refractivity contribution in [2.45, 2.75) is 57.5 Å². The Balaban J connectivity index is 2.91. The summed E-state index contributed by atoms with van der Waals surface area (Å²) in [6.07, 6.45) is 0.840. The summed E-state index contributed by atoms with van der Waals surface area (Å²) in [5.41, 5.74) is 0.770. The highest BCUT2D eigenvalue weighted by Gasteiger charge is 2.29. The Morgan fingerprint density at radius 2 is 1.92 bits per heavy atom. The minimum atomic E-state index is -3.95. The van der Waals surface area contributed by atoms with Crippen molar-refractivity contribution in [2.75, 3.05) is 0 Å². The van der Waals surface area contributed by atoms with E-state index in [1.807, 2.05) is 0 Å². The molecule has 0 aliphatic rings. The second-order valence-electron chi connectivity index (χ2n) is 5.65. The van der Waals surface area contributed by atoms with Crippen LogP contribution in [0.5, 0.6) is 0 Å². The molecule has 3 N–H and O–H groups in total. The van der Waals surface area contributed by atoms with Crippen molar-refractivity contribution < 1.29 is 23.1 Å². The molecule has 0 aromatic carbocycles. The molecular formula is C14H24N4O5S. The molecule has 0 saturated heterocycles. The highest BCUT2D eigenvalue weighted by Crippen LogP contribution is 2.18. The number of hydrogen-bond donors (Lipinski definition) is 3. The number of sulfonamides is 1. The molecule has 9 nitrogen and oxygen atoms in total. The lowest BCUT2D eigenvalue weighted by molar-refractivity contribution is -0.142. The number of aryl methyl sites for hydroxylation is 2. The van der Waals surface area contributed by atoms with Gasteiger partial charge in [0.25, 0.3) is 0 Å². The molecule has 0 radical (unpaired) electrons. The van der Waals surface area contributed by atoms with Crippen molar-refractivity contribution in [1.29, 1.82) is 0 Å². The fraction of sp³-hybridized carbons (Fsp3) is 0.643. The molecule has 2 atom stereocenters. The molecule has 0 aliphatic carbocycles. The number of nitrogens with zero attached hydrogens (tertiary/aromatic N) is 2. The van der Waals surface area contributed by atoms with Gasteiger partial charge in [-0.05, 0) is 27.2 Å². The third-order valence-corrected chi connectivity index (χ3v) is 5.42. The number of aromatic nitrogens is 2. The zero-order chi connectivity index (χ0) is 18.7. The molecule has 1 rings (SSSR count). The molecule has 136 valence electrons. The van der Waals surface area contributed by atoms with Gasteiger partial charge in [0.2, 0.25) is 15.9 Å². The van der Waals surface area contributed by atoms with Gasteiger partial charge < -0.3 is 10.4 Å². The minimum absolute atomic E-state index is 0.0213. The van der Waals surface area contributed by atoms with Crippen LogP contribution in [-0.4, -0.2) is 47.3 Å². The maximum absolute atomic E-state index is 12.5. The van der Waals surface area contributed by atoms with E-state index in [1.165, 1.54) is 11.6 Å². The van der Waals surface area contributed by atoms with Gasteiger partial charge in [-0.3, -0.25) is 9.48 Å². The largest absolute Gasteiger partial charge is 0.480 e. The van der Waals surface area contributed by atoms with Crippen molar-refractivity contribution in [2.24, 2.45) is 7.05 Å². The summed E-state index contributed by atoms with van der Waals surface area (Å²) < 4.78 is 28.7. The molecule has 0 bridgehead atoms. The maximum atomic E-state index is 12.5. The molecular weight excluding hydrogens is 336 g/mol. The fourth-order valence-electron chi connectivity index (χ4n) is 2.33. The van der Waals surface area contributed by atoms with Gasteiger partial charge in [-0.25, -0.2) is 13.2 Å². The molecule has 24 heavy (non-hydrogen) atoms. The summed E-state index contributed by atoms with van der Waals surface area (Å²) in [6.45, 7) is 6.33. The Morgan fingerprint density at radius 1 is 1.33 bits per heavy atom. The molecule has 10 heteroatoms. The zero-order valence-corrected chi connectivity index (χ0v) is 15.3. The zero-order valence-electron chi connectivity index (χ0n) is 14.5. The fourth-order valence-corrected chi connectivity index (χ4v) is 3.97. The number of hydrogen-bond acceptors (Lipinski definition) is 5. The summed E-state index contributed by atoms with van der Waals surface area (Å²) in [7, 11) is -2.33. The Bertz CT molecular complexity index is 726. The van der Waals surface area contributed by atoms with E-state index in [9.17, 15) is 18.0 Å². The number of rotatable bonds is 8. The first-order chi connectivity index (χ1) is 11.0. The standard InChI is InChI=1S/C14H24N4O5S/c1-6-7-11(14(20)21)15-13(19)9(3)17-24(22,23)12-8(2)16-18(5)10(12)4/h9,11,17H,6-7H2,1-5H3,(H,15,19)(H,20,21). The molecule has 1 amide bonds. The van der Waals surface area contributed by atoms with Crippen molar-refractivity contribution in [3.8, 4) is 0 Å². The van der Waals surface area contributed by atoms with Crippen LogP contribution in [0.1, 0.15) is 38.1 Å². The third-order valence-electron chi connectivity index (χ3n) is 3.63. The summed E-state index contributed by atoms with van der Waals surface area (Å²) in [5.74, 6) is -1.85. The van der Waals surface area contributed by atoms with Crippen LogP contribution in [0.15, 0.2) is 4.90 Å². The van der Waals surface area contributed by atoms with Gasteiger partial charge in [0.05, 0.1) is 17.4 Å². The van der Waals surface area contributed by atoms with E-state index in [1.54, 1.807) is 27.8 Å². The van der Waals surface area contributed by atoms with Gasteiger partial charge in [-0.2, -0.15) is 9.82 Å². The van der Waals surface area contributed by atoms with Crippen LogP contribution < -0.4 is 10.0 Å². The molecule has 0 aliphatic heterocycles. The Hall–Kier alpha value is -1.94. The van der Waals surface area contributed by atoms with Crippen LogP contribution in [0.2, 0.25) is 0 Å². The van der Waals surface area contributed by atoms with E-state index in [2.05, 4.69) is 15.1 Å². The smallest absolute Gasteiger partial charge is 0.326 e. The van der Waals surface area contributed by atoms with Crippen molar-refractivity contribution in [1.82, 2.24) is 19.8 Å². The Morgan fingerprint density at radius 3 is 2.33 bits per heavy atom. The minimum Gasteiger partial charge on any atom is -0.480 e. The van der Waals surface area contributed by atoms with E-state index in [-0.39, 0.29) is 11.3 Å². The summed E-state index contributed by atoms with van der Waals surface area (Å²) >= 11 is 0. The van der Waals surface area contributed by atoms with E-state index >= 15 is 0 Å². The van der Waals surface area contributed by atoms with Gasteiger partial charge in [0.15, 0.2) is 0 Å². The normalized spacial score (nSPS) is 14.2. The van der Waals surface area contributed by atoms with E-state index in [0.717, 1.165) is 0 Å². The first kappa shape index (κ1) is 20.1. The average Bonchev–Trinajstić information content (AvgIpc) is 2.71. The van der Waals surface area contributed by atoms with Crippen molar-refractivity contribution in [3.05, 3.63) is 11.4 Å². The second-order valence-corrected chi connectivity index (χ2v) is 7.31. The molecule has 1 aromatic rings. The molecule has 2 unspecified atom stereocenters. The predicted octanol–water partition coefficient (Wildman–Crippen LogP) is 0.0732. The first-order valence-corrected chi connectivity index (χ1v) is 9.05. The number of carbonyl (C=O) groups excluding carboxylic acids is 1. The molecule has 0 saturated carbocycles. The molecule has 0 spiro atoms. The first-order valence-electron chi connectivity index (χ1n) is 7.57. The van der Waals surface area contributed by atoms with E-state index in [4.69, 9.17) is 5.11 Å². The lowest BCUT2D eigenvalue weighted by Crippen LogP contribution is -2.50. The van der Waals surface area contributed by atoms with Crippen molar-refractivity contribution >= 4 is 21.9 Å². The maximum Gasteiger partial charge on any atom is 0.326 e. The SMILES string of the molecule is CCCC(NC(=O)C(C)NS(=O)(=O)c1c(C)nn(C)c1C)C(=O)O. The lowest BCUT2D eigenvalue weighted by atomic mass is 10.1. The number of amides is 1. The van der Waals surface area contributed by atoms with Gasteiger partial charge in [-0.1, -0.05) is 13.3 Å². The summed E-state index contributed by atoms with van der Waals surface area (Å²) in [5, 5.41) is 15.4. The lowest BCUT2D eigenvalue weighted by Gasteiger charge is -2.18. The molecule has 0 fully saturated rings. The van der Waals surface area contributed by atoms with Crippen LogP contribution >= 0.6 is 0 Å². The van der Waals surface area contributed by atoms with E-state index < -0.39 is 34.0 Å². The quantitative estimate of drug-likeness (QED) is 0.601. The highest BCUT2D eigenvalue weighted by molar-refractivity contribution is 7.89. The van der Waals surface area contributed by atoms with Crippen LogP contribution in [0.25, 0.3) is 0 Å². The van der Waals surface area contributed by atoms with Crippen LogP contribution in [0, 0.1) is 13.8 Å². The summed E-state index contributed by atoms with van der Waals surface area (Å²) in [4.78, 5) is 23.2. The number of carbonyl (C=O) groups is 2. The van der Waals surface area contributed by atoms with Crippen LogP contribution in [0.3, 0.4) is 0 Å². The van der Waals surface area contributed by atoms with Gasteiger partial charge in [0.1, 0.15) is 10.9 Å². The van der Waals surface area contributed by atoms with Gasteiger partial charge >= 0.3 is 5.97 Å². The van der Waals surface area contributed by atoms with Crippen LogP contribution in [0.4, 0.5) is 0 Å². The van der Waals surface area contributed by atoms with E-state index in [0.29, 0.717) is 17.8 Å². The molecule has 1 aromatic heterocycles.